The number of methoxy groups -OCH3 is 1. The number of nitrogen functional groups attached to an aromatic ring is 1. The van der Waals surface area contributed by atoms with E-state index in [1.165, 1.54) is 13.2 Å². The zero-order chi connectivity index (χ0) is 14.7. The van der Waals surface area contributed by atoms with Crippen molar-refractivity contribution in [3.63, 3.8) is 0 Å². The fraction of sp³-hybridized carbons (Fsp3) is 0.200. The van der Waals surface area contributed by atoms with Crippen molar-refractivity contribution in [2.45, 2.75) is 13.0 Å². The second-order valence-electron chi connectivity index (χ2n) is 4.49. The van der Waals surface area contributed by atoms with Gasteiger partial charge in [-0.05, 0) is 24.6 Å². The van der Waals surface area contributed by atoms with Crippen LogP contribution in [0, 0.1) is 5.82 Å². The lowest BCUT2D eigenvalue weighted by atomic mass is 10.1. The fourth-order valence-corrected chi connectivity index (χ4v) is 2.05. The number of benzene rings is 2. The van der Waals surface area contributed by atoms with E-state index in [1.807, 2.05) is 19.1 Å². The first-order valence-corrected chi connectivity index (χ1v) is 6.54. The van der Waals surface area contributed by atoms with Crippen molar-refractivity contribution in [3.8, 4) is 5.75 Å². The molecule has 106 valence electrons. The topological polar surface area (TPSA) is 47.3 Å². The zero-order valence-corrected chi connectivity index (χ0v) is 12.0. The molecule has 0 spiro atoms. The SMILES string of the molecule is COc1cc(NC(C)c2ccc(Cl)cc2)c(F)cc1N. The number of anilines is 2. The van der Waals surface area contributed by atoms with Crippen molar-refractivity contribution in [1.82, 2.24) is 0 Å². The van der Waals surface area contributed by atoms with E-state index < -0.39 is 5.82 Å². The molecule has 0 fully saturated rings. The molecule has 1 unspecified atom stereocenters. The number of nitrogens with two attached hydrogens (primary N) is 1. The van der Waals surface area contributed by atoms with Gasteiger partial charge in [-0.15, -0.1) is 0 Å². The molecule has 20 heavy (non-hydrogen) atoms. The molecule has 0 radical (unpaired) electrons. The molecule has 0 bridgehead atoms. The Morgan fingerprint density at radius 3 is 2.50 bits per heavy atom. The predicted octanol–water partition coefficient (Wildman–Crippen LogP) is 4.24. The van der Waals surface area contributed by atoms with E-state index in [1.54, 1.807) is 18.2 Å². The van der Waals surface area contributed by atoms with Crippen molar-refractivity contribution >= 4 is 23.0 Å². The van der Waals surface area contributed by atoms with E-state index >= 15 is 0 Å². The minimum atomic E-state index is -0.413. The summed E-state index contributed by atoms with van der Waals surface area (Å²) in [5.41, 5.74) is 7.27. The average Bonchev–Trinajstić information content (AvgIpc) is 2.42. The summed E-state index contributed by atoms with van der Waals surface area (Å²) in [7, 11) is 1.50. The first-order chi connectivity index (χ1) is 9.51. The van der Waals surface area contributed by atoms with Gasteiger partial charge in [0, 0.05) is 23.2 Å². The van der Waals surface area contributed by atoms with Gasteiger partial charge in [-0.2, -0.15) is 0 Å². The maximum absolute atomic E-state index is 13.9. The van der Waals surface area contributed by atoms with Crippen LogP contribution in [0.25, 0.3) is 0 Å². The van der Waals surface area contributed by atoms with Gasteiger partial charge in [-0.25, -0.2) is 4.39 Å². The molecule has 0 saturated heterocycles. The molecule has 0 heterocycles. The van der Waals surface area contributed by atoms with Gasteiger partial charge in [0.2, 0.25) is 0 Å². The first kappa shape index (κ1) is 14.5. The van der Waals surface area contributed by atoms with Crippen molar-refractivity contribution in [3.05, 3.63) is 52.8 Å². The van der Waals surface area contributed by atoms with E-state index in [9.17, 15) is 4.39 Å². The quantitative estimate of drug-likeness (QED) is 0.829. The van der Waals surface area contributed by atoms with E-state index in [2.05, 4.69) is 5.32 Å². The van der Waals surface area contributed by atoms with Crippen molar-refractivity contribution in [2.24, 2.45) is 0 Å². The summed E-state index contributed by atoms with van der Waals surface area (Å²) in [5.74, 6) is 0.0290. The van der Waals surface area contributed by atoms with Crippen molar-refractivity contribution in [1.29, 1.82) is 0 Å². The summed E-state index contributed by atoms with van der Waals surface area (Å²) in [6.07, 6.45) is 0. The van der Waals surface area contributed by atoms with Crippen LogP contribution in [-0.2, 0) is 0 Å². The Morgan fingerprint density at radius 1 is 1.25 bits per heavy atom. The van der Waals surface area contributed by atoms with Crippen LogP contribution in [0.4, 0.5) is 15.8 Å². The highest BCUT2D eigenvalue weighted by molar-refractivity contribution is 6.30. The molecule has 5 heteroatoms. The predicted molar refractivity (Wildman–Crippen MR) is 80.9 cm³/mol. The number of hydrogen-bond donors (Lipinski definition) is 2. The molecule has 0 aliphatic heterocycles. The molecule has 0 aliphatic rings. The monoisotopic (exact) mass is 294 g/mol. The largest absolute Gasteiger partial charge is 0.495 e. The summed E-state index contributed by atoms with van der Waals surface area (Å²) in [4.78, 5) is 0. The van der Waals surface area contributed by atoms with E-state index in [-0.39, 0.29) is 11.7 Å². The van der Waals surface area contributed by atoms with Crippen molar-refractivity contribution < 1.29 is 9.13 Å². The second-order valence-corrected chi connectivity index (χ2v) is 4.93. The lowest BCUT2D eigenvalue weighted by molar-refractivity contribution is 0.416. The van der Waals surface area contributed by atoms with Crippen LogP contribution in [0.1, 0.15) is 18.5 Å². The minimum Gasteiger partial charge on any atom is -0.495 e. The summed E-state index contributed by atoms with van der Waals surface area (Å²) in [5, 5.41) is 3.76. The Kier molecular flexibility index (Phi) is 4.35. The number of ether oxygens (including phenoxy) is 1. The Balaban J connectivity index is 2.23. The van der Waals surface area contributed by atoms with E-state index in [0.717, 1.165) is 5.56 Å². The van der Waals surface area contributed by atoms with Crippen LogP contribution in [0.15, 0.2) is 36.4 Å². The fourth-order valence-electron chi connectivity index (χ4n) is 1.92. The Bertz CT molecular complexity index is 602. The summed E-state index contributed by atoms with van der Waals surface area (Å²) in [6, 6.07) is 10.1. The number of nitrogens with one attached hydrogen (secondary N) is 1. The van der Waals surface area contributed by atoms with Crippen LogP contribution >= 0.6 is 11.6 Å². The molecule has 3 N–H and O–H groups in total. The molecule has 0 aliphatic carbocycles. The summed E-state index contributed by atoms with van der Waals surface area (Å²) >= 11 is 5.85. The molecule has 2 aromatic carbocycles. The lowest BCUT2D eigenvalue weighted by Gasteiger charge is -2.17. The van der Waals surface area contributed by atoms with E-state index in [4.69, 9.17) is 22.1 Å². The van der Waals surface area contributed by atoms with Crippen LogP contribution in [0.3, 0.4) is 0 Å². The lowest BCUT2D eigenvalue weighted by Crippen LogP contribution is -2.08. The molecular weight excluding hydrogens is 279 g/mol. The average molecular weight is 295 g/mol. The highest BCUT2D eigenvalue weighted by Crippen LogP contribution is 2.30. The van der Waals surface area contributed by atoms with Gasteiger partial charge < -0.3 is 15.8 Å². The van der Waals surface area contributed by atoms with Crippen LogP contribution in [0.2, 0.25) is 5.02 Å². The maximum atomic E-state index is 13.9. The van der Waals surface area contributed by atoms with E-state index in [0.29, 0.717) is 16.5 Å². The molecule has 1 atom stereocenters. The highest BCUT2D eigenvalue weighted by atomic mass is 35.5. The Labute approximate surface area is 122 Å². The van der Waals surface area contributed by atoms with Crippen LogP contribution in [-0.4, -0.2) is 7.11 Å². The number of halogens is 2. The Morgan fingerprint density at radius 2 is 1.90 bits per heavy atom. The molecule has 2 aromatic rings. The van der Waals surface area contributed by atoms with Crippen LogP contribution < -0.4 is 15.8 Å². The van der Waals surface area contributed by atoms with Gasteiger partial charge in [0.15, 0.2) is 0 Å². The number of hydrogen-bond acceptors (Lipinski definition) is 3. The molecule has 0 saturated carbocycles. The van der Waals surface area contributed by atoms with Gasteiger partial charge >= 0.3 is 0 Å². The van der Waals surface area contributed by atoms with Gasteiger partial charge in [-0.3, -0.25) is 0 Å². The third kappa shape index (κ3) is 3.14. The third-order valence-electron chi connectivity index (χ3n) is 3.06. The molecule has 0 amide bonds. The molecule has 2 rings (SSSR count). The third-order valence-corrected chi connectivity index (χ3v) is 3.31. The van der Waals surface area contributed by atoms with Crippen molar-refractivity contribution in [2.75, 3.05) is 18.2 Å². The Hall–Kier alpha value is -1.94. The highest BCUT2D eigenvalue weighted by Gasteiger charge is 2.12. The van der Waals surface area contributed by atoms with Gasteiger partial charge in [-0.1, -0.05) is 23.7 Å². The smallest absolute Gasteiger partial charge is 0.148 e. The second kappa shape index (κ2) is 6.01. The van der Waals surface area contributed by atoms with Crippen LogP contribution in [0.5, 0.6) is 5.75 Å². The van der Waals surface area contributed by atoms with Gasteiger partial charge in [0.05, 0.1) is 18.5 Å². The zero-order valence-electron chi connectivity index (χ0n) is 11.3. The standard InChI is InChI=1S/C15H16ClFN2O/c1-9(10-3-5-11(16)6-4-10)19-14-8-15(20-2)13(18)7-12(14)17/h3-9,19H,18H2,1-2H3. The normalized spacial score (nSPS) is 12.0. The molecule has 3 nitrogen and oxygen atoms in total. The van der Waals surface area contributed by atoms with Gasteiger partial charge in [0.1, 0.15) is 11.6 Å². The number of rotatable bonds is 4. The summed E-state index contributed by atoms with van der Waals surface area (Å²) < 4.78 is 19.0. The maximum Gasteiger partial charge on any atom is 0.148 e. The molecular formula is C15H16ClFN2O. The van der Waals surface area contributed by atoms with Gasteiger partial charge in [0.25, 0.3) is 0 Å². The minimum absolute atomic E-state index is 0.0740. The summed E-state index contributed by atoms with van der Waals surface area (Å²) in [6.45, 7) is 1.94. The first-order valence-electron chi connectivity index (χ1n) is 6.16. The molecule has 0 aromatic heterocycles.